The van der Waals surface area contributed by atoms with Gasteiger partial charge < -0.3 is 4.74 Å². The van der Waals surface area contributed by atoms with Gasteiger partial charge in [-0.25, -0.2) is 14.6 Å². The molecule has 5 nitrogen and oxygen atoms in total. The summed E-state index contributed by atoms with van der Waals surface area (Å²) in [5.74, 6) is 2.02. The van der Waals surface area contributed by atoms with Crippen LogP contribution in [0.1, 0.15) is 28.7 Å². The number of hydrogen-bond donors (Lipinski definition) is 0. The van der Waals surface area contributed by atoms with Gasteiger partial charge in [0.2, 0.25) is 0 Å². The van der Waals surface area contributed by atoms with Crippen LogP contribution in [-0.2, 0) is 11.3 Å². The molecule has 1 aromatic carbocycles. The van der Waals surface area contributed by atoms with Crippen molar-refractivity contribution >= 4 is 11.3 Å². The molecule has 4 rings (SSSR count). The van der Waals surface area contributed by atoms with Crippen molar-refractivity contribution in [2.75, 3.05) is 13.2 Å². The van der Waals surface area contributed by atoms with Gasteiger partial charge >= 0.3 is 0 Å². The van der Waals surface area contributed by atoms with E-state index in [9.17, 15) is 0 Å². The smallest absolute Gasteiger partial charge is 0.178 e. The third-order valence-corrected chi connectivity index (χ3v) is 4.78. The van der Waals surface area contributed by atoms with Gasteiger partial charge in [-0.05, 0) is 18.9 Å². The highest BCUT2D eigenvalue weighted by molar-refractivity contribution is 7.09. The molecule has 0 radical (unpaired) electrons. The van der Waals surface area contributed by atoms with Gasteiger partial charge in [0.25, 0.3) is 0 Å². The summed E-state index contributed by atoms with van der Waals surface area (Å²) in [6, 6.07) is 10.3. The topological polar surface area (TPSA) is 52.8 Å². The molecule has 0 aliphatic carbocycles. The SMILES string of the molecule is Cc1nc(-c2nc([C@H]3CCOC3)nn2Cc2ccccc2)cs1. The summed E-state index contributed by atoms with van der Waals surface area (Å²) in [5, 5.41) is 7.86. The van der Waals surface area contributed by atoms with Gasteiger partial charge in [-0.15, -0.1) is 11.3 Å². The lowest BCUT2D eigenvalue weighted by Crippen LogP contribution is -2.06. The van der Waals surface area contributed by atoms with Crippen molar-refractivity contribution in [3.05, 3.63) is 52.1 Å². The molecule has 0 bridgehead atoms. The monoisotopic (exact) mass is 326 g/mol. The highest BCUT2D eigenvalue weighted by Crippen LogP contribution is 2.27. The molecular formula is C17H18N4OS. The van der Waals surface area contributed by atoms with Crippen molar-refractivity contribution in [1.29, 1.82) is 0 Å². The molecule has 1 aliphatic rings. The van der Waals surface area contributed by atoms with Gasteiger partial charge in [0.05, 0.1) is 18.2 Å². The van der Waals surface area contributed by atoms with Crippen molar-refractivity contribution in [2.45, 2.75) is 25.8 Å². The number of ether oxygens (including phenoxy) is 1. The molecule has 0 saturated carbocycles. The van der Waals surface area contributed by atoms with E-state index in [-0.39, 0.29) is 0 Å². The maximum atomic E-state index is 5.49. The number of benzene rings is 1. The zero-order valence-corrected chi connectivity index (χ0v) is 13.8. The molecule has 1 fully saturated rings. The summed E-state index contributed by atoms with van der Waals surface area (Å²) in [6.07, 6.45) is 0.991. The van der Waals surface area contributed by atoms with Crippen molar-refractivity contribution in [2.24, 2.45) is 0 Å². The molecule has 3 aromatic rings. The second-order valence-electron chi connectivity index (χ2n) is 5.75. The average Bonchev–Trinajstić information content (AvgIpc) is 3.28. The Hall–Kier alpha value is -2.05. The Morgan fingerprint density at radius 3 is 2.83 bits per heavy atom. The fraction of sp³-hybridized carbons (Fsp3) is 0.353. The number of hydrogen-bond acceptors (Lipinski definition) is 5. The fourth-order valence-corrected chi connectivity index (χ4v) is 3.38. The van der Waals surface area contributed by atoms with E-state index in [4.69, 9.17) is 14.8 Å². The Morgan fingerprint density at radius 2 is 2.13 bits per heavy atom. The van der Waals surface area contributed by atoms with Crippen LogP contribution in [0.4, 0.5) is 0 Å². The third kappa shape index (κ3) is 3.04. The maximum Gasteiger partial charge on any atom is 0.178 e. The largest absolute Gasteiger partial charge is 0.381 e. The molecule has 1 saturated heterocycles. The Kier molecular flexibility index (Phi) is 3.93. The molecule has 6 heteroatoms. The van der Waals surface area contributed by atoms with E-state index in [1.807, 2.05) is 29.8 Å². The molecule has 0 unspecified atom stereocenters. The molecule has 1 aliphatic heterocycles. The number of aryl methyl sites for hydroxylation is 1. The summed E-state index contributed by atoms with van der Waals surface area (Å²) in [6.45, 7) is 4.22. The standard InChI is InChI=1S/C17H18N4OS/c1-12-18-15(11-23-12)17-19-16(14-7-8-22-10-14)20-21(17)9-13-5-3-2-4-6-13/h2-6,11,14H,7-10H2,1H3/t14-/m0/s1. The van der Waals surface area contributed by atoms with E-state index < -0.39 is 0 Å². The lowest BCUT2D eigenvalue weighted by Gasteiger charge is -2.04. The second-order valence-corrected chi connectivity index (χ2v) is 6.81. The molecule has 118 valence electrons. The van der Waals surface area contributed by atoms with Gasteiger partial charge in [-0.1, -0.05) is 30.3 Å². The van der Waals surface area contributed by atoms with E-state index in [0.29, 0.717) is 19.1 Å². The van der Waals surface area contributed by atoms with Crippen LogP contribution in [0.3, 0.4) is 0 Å². The zero-order valence-electron chi connectivity index (χ0n) is 13.0. The van der Waals surface area contributed by atoms with Crippen LogP contribution >= 0.6 is 11.3 Å². The minimum Gasteiger partial charge on any atom is -0.381 e. The van der Waals surface area contributed by atoms with Crippen molar-refractivity contribution in [3.63, 3.8) is 0 Å². The van der Waals surface area contributed by atoms with Crippen LogP contribution in [0, 0.1) is 6.92 Å². The van der Waals surface area contributed by atoms with E-state index in [2.05, 4.69) is 22.5 Å². The average molecular weight is 326 g/mol. The van der Waals surface area contributed by atoms with Crippen LogP contribution in [0.2, 0.25) is 0 Å². The summed E-state index contributed by atoms with van der Waals surface area (Å²) >= 11 is 1.64. The molecule has 0 N–H and O–H groups in total. The molecule has 0 amide bonds. The van der Waals surface area contributed by atoms with E-state index in [1.54, 1.807) is 11.3 Å². The molecular weight excluding hydrogens is 308 g/mol. The van der Waals surface area contributed by atoms with Crippen LogP contribution in [0.5, 0.6) is 0 Å². The summed E-state index contributed by atoms with van der Waals surface area (Å²) in [5.41, 5.74) is 2.11. The third-order valence-electron chi connectivity index (χ3n) is 4.01. The molecule has 23 heavy (non-hydrogen) atoms. The molecule has 2 aromatic heterocycles. The quantitative estimate of drug-likeness (QED) is 0.738. The Labute approximate surface area is 139 Å². The van der Waals surface area contributed by atoms with Gasteiger partial charge in [-0.3, -0.25) is 0 Å². The fourth-order valence-electron chi connectivity index (χ4n) is 2.79. The predicted octanol–water partition coefficient (Wildman–Crippen LogP) is 3.26. The Balaban J connectivity index is 1.72. The van der Waals surface area contributed by atoms with Crippen molar-refractivity contribution < 1.29 is 4.74 Å². The molecule has 0 spiro atoms. The lowest BCUT2D eigenvalue weighted by atomic mass is 10.1. The minimum absolute atomic E-state index is 0.297. The minimum atomic E-state index is 0.297. The van der Waals surface area contributed by atoms with Crippen molar-refractivity contribution in [3.8, 4) is 11.5 Å². The lowest BCUT2D eigenvalue weighted by molar-refractivity contribution is 0.193. The first-order valence-electron chi connectivity index (χ1n) is 7.78. The number of rotatable bonds is 4. The predicted molar refractivity (Wildman–Crippen MR) is 89.6 cm³/mol. The van der Waals surface area contributed by atoms with Gasteiger partial charge in [0.1, 0.15) is 5.69 Å². The number of aromatic nitrogens is 4. The van der Waals surface area contributed by atoms with Crippen molar-refractivity contribution in [1.82, 2.24) is 19.7 Å². The second kappa shape index (κ2) is 6.22. The van der Waals surface area contributed by atoms with E-state index in [0.717, 1.165) is 35.4 Å². The number of nitrogens with zero attached hydrogens (tertiary/aromatic N) is 4. The zero-order chi connectivity index (χ0) is 15.6. The first-order chi connectivity index (χ1) is 11.3. The van der Waals surface area contributed by atoms with Gasteiger partial charge in [-0.2, -0.15) is 5.10 Å². The Bertz CT molecular complexity index is 790. The first kappa shape index (κ1) is 14.5. The Morgan fingerprint density at radius 1 is 1.26 bits per heavy atom. The summed E-state index contributed by atoms with van der Waals surface area (Å²) in [7, 11) is 0. The summed E-state index contributed by atoms with van der Waals surface area (Å²) in [4.78, 5) is 9.38. The van der Waals surface area contributed by atoms with Crippen LogP contribution < -0.4 is 0 Å². The van der Waals surface area contributed by atoms with Gasteiger partial charge in [0, 0.05) is 17.9 Å². The van der Waals surface area contributed by atoms with Crippen LogP contribution in [0.15, 0.2) is 35.7 Å². The van der Waals surface area contributed by atoms with Crippen LogP contribution in [0.25, 0.3) is 11.5 Å². The van der Waals surface area contributed by atoms with Crippen LogP contribution in [-0.4, -0.2) is 33.0 Å². The molecule has 3 heterocycles. The highest BCUT2D eigenvalue weighted by atomic mass is 32.1. The summed E-state index contributed by atoms with van der Waals surface area (Å²) < 4.78 is 7.46. The van der Waals surface area contributed by atoms with Gasteiger partial charge in [0.15, 0.2) is 11.6 Å². The van der Waals surface area contributed by atoms with E-state index >= 15 is 0 Å². The van der Waals surface area contributed by atoms with E-state index in [1.165, 1.54) is 5.56 Å². The first-order valence-corrected chi connectivity index (χ1v) is 8.66. The number of thiazole rings is 1. The molecule has 1 atom stereocenters. The maximum absolute atomic E-state index is 5.49. The normalized spacial score (nSPS) is 17.7. The highest BCUT2D eigenvalue weighted by Gasteiger charge is 2.24.